The van der Waals surface area contributed by atoms with Gasteiger partial charge < -0.3 is 9.47 Å². The van der Waals surface area contributed by atoms with Crippen LogP contribution < -0.4 is 14.9 Å². The minimum Gasteiger partial charge on any atom is -0.488 e. The minimum absolute atomic E-state index is 0.0908. The van der Waals surface area contributed by atoms with E-state index in [0.29, 0.717) is 16.9 Å². The van der Waals surface area contributed by atoms with E-state index in [1.807, 2.05) is 53.9 Å². The molecule has 0 spiro atoms. The van der Waals surface area contributed by atoms with Crippen LogP contribution in [0.25, 0.3) is 0 Å². The molecular formula is C25H22I2N2O3S2. The number of ether oxygens (including phenoxy) is 2. The quantitative estimate of drug-likeness (QED) is 0.156. The van der Waals surface area contributed by atoms with Gasteiger partial charge in [0.2, 0.25) is 0 Å². The zero-order chi connectivity index (χ0) is 23.8. The third-order valence-corrected chi connectivity index (χ3v) is 9.48. The SMILES string of the molecule is O=C(COc1ccc(C2SCCS2)cc1)N/N=C\c1ccc(OCc2ccc(I)cc2)c(I)c1. The molecule has 1 amide bonds. The summed E-state index contributed by atoms with van der Waals surface area (Å²) in [5.41, 5.74) is 5.78. The maximum Gasteiger partial charge on any atom is 0.277 e. The van der Waals surface area contributed by atoms with Crippen LogP contribution in [0.5, 0.6) is 11.5 Å². The van der Waals surface area contributed by atoms with E-state index >= 15 is 0 Å². The highest BCUT2D eigenvalue weighted by molar-refractivity contribution is 14.1. The number of hydrazone groups is 1. The van der Waals surface area contributed by atoms with Crippen molar-refractivity contribution >= 4 is 80.8 Å². The van der Waals surface area contributed by atoms with Crippen molar-refractivity contribution < 1.29 is 14.3 Å². The molecule has 0 unspecified atom stereocenters. The molecule has 3 aromatic carbocycles. The Kier molecular flexibility index (Phi) is 9.83. The van der Waals surface area contributed by atoms with Gasteiger partial charge in [0.05, 0.1) is 14.4 Å². The summed E-state index contributed by atoms with van der Waals surface area (Å²) in [4.78, 5) is 12.1. The van der Waals surface area contributed by atoms with Crippen LogP contribution in [0, 0.1) is 7.14 Å². The lowest BCUT2D eigenvalue weighted by Crippen LogP contribution is -2.24. The van der Waals surface area contributed by atoms with Gasteiger partial charge in [0.25, 0.3) is 5.91 Å². The molecule has 1 aliphatic heterocycles. The van der Waals surface area contributed by atoms with Crippen molar-refractivity contribution in [2.24, 2.45) is 5.10 Å². The second kappa shape index (κ2) is 13.0. The summed E-state index contributed by atoms with van der Waals surface area (Å²) in [6.07, 6.45) is 1.61. The van der Waals surface area contributed by atoms with E-state index in [9.17, 15) is 4.79 Å². The molecular weight excluding hydrogens is 694 g/mol. The second-order valence-electron chi connectivity index (χ2n) is 7.33. The Balaban J connectivity index is 1.21. The maximum absolute atomic E-state index is 12.1. The van der Waals surface area contributed by atoms with E-state index < -0.39 is 0 Å². The maximum atomic E-state index is 12.1. The van der Waals surface area contributed by atoms with Gasteiger partial charge in [-0.25, -0.2) is 5.43 Å². The van der Waals surface area contributed by atoms with Gasteiger partial charge in [0.15, 0.2) is 6.61 Å². The Morgan fingerprint density at radius 3 is 2.44 bits per heavy atom. The summed E-state index contributed by atoms with van der Waals surface area (Å²) in [7, 11) is 0. The molecule has 5 nitrogen and oxygen atoms in total. The number of benzene rings is 3. The zero-order valence-corrected chi connectivity index (χ0v) is 24.0. The van der Waals surface area contributed by atoms with E-state index in [4.69, 9.17) is 9.47 Å². The monoisotopic (exact) mass is 716 g/mol. The molecule has 0 radical (unpaired) electrons. The fourth-order valence-electron chi connectivity index (χ4n) is 3.09. The van der Waals surface area contributed by atoms with Crippen molar-refractivity contribution in [2.45, 2.75) is 11.2 Å². The van der Waals surface area contributed by atoms with Crippen LogP contribution in [0.2, 0.25) is 0 Å². The number of nitrogens with zero attached hydrogens (tertiary/aromatic N) is 1. The number of halogens is 2. The van der Waals surface area contributed by atoms with Gasteiger partial charge in [0.1, 0.15) is 18.1 Å². The lowest BCUT2D eigenvalue weighted by atomic mass is 10.2. The molecule has 1 saturated heterocycles. The van der Waals surface area contributed by atoms with Crippen molar-refractivity contribution in [3.8, 4) is 11.5 Å². The standard InChI is InChI=1S/C25H22I2N2O3S2/c26-20-6-1-17(2-7-20)15-32-23-10-3-18(13-22(23)27)14-28-29-24(30)16-31-21-8-4-19(5-9-21)25-33-11-12-34-25/h1-10,13-14,25H,11-12,15-16H2,(H,29,30)/b28-14-. The molecule has 34 heavy (non-hydrogen) atoms. The largest absolute Gasteiger partial charge is 0.488 e. The summed E-state index contributed by atoms with van der Waals surface area (Å²) in [5, 5.41) is 4.04. The third-order valence-electron chi connectivity index (χ3n) is 4.81. The van der Waals surface area contributed by atoms with E-state index in [1.165, 1.54) is 20.6 Å². The Hall–Kier alpha value is -1.44. The average molecular weight is 716 g/mol. The molecule has 1 N–H and O–H groups in total. The van der Waals surface area contributed by atoms with Crippen LogP contribution in [-0.4, -0.2) is 30.2 Å². The first kappa shape index (κ1) is 25.6. The van der Waals surface area contributed by atoms with Crippen LogP contribution in [0.1, 0.15) is 21.3 Å². The van der Waals surface area contributed by atoms with E-state index in [-0.39, 0.29) is 12.5 Å². The molecule has 0 aromatic heterocycles. The minimum atomic E-state index is -0.311. The lowest BCUT2D eigenvalue weighted by Gasteiger charge is -2.10. The van der Waals surface area contributed by atoms with Crippen molar-refractivity contribution in [3.05, 3.63) is 90.6 Å². The fraction of sp³-hybridized carbons (Fsp3) is 0.200. The summed E-state index contributed by atoms with van der Waals surface area (Å²) >= 11 is 8.45. The molecule has 4 rings (SSSR count). The second-order valence-corrected chi connectivity index (χ2v) is 12.5. The van der Waals surface area contributed by atoms with E-state index in [0.717, 1.165) is 20.4 Å². The van der Waals surface area contributed by atoms with Crippen molar-refractivity contribution in [3.63, 3.8) is 0 Å². The molecule has 1 aliphatic rings. The van der Waals surface area contributed by atoms with Gasteiger partial charge in [-0.1, -0.05) is 24.3 Å². The number of hydrogen-bond acceptors (Lipinski definition) is 6. The number of carbonyl (C=O) groups is 1. The van der Waals surface area contributed by atoms with E-state index in [1.54, 1.807) is 6.21 Å². The Morgan fingerprint density at radius 2 is 1.74 bits per heavy atom. The van der Waals surface area contributed by atoms with Gasteiger partial charge in [-0.3, -0.25) is 4.79 Å². The summed E-state index contributed by atoms with van der Waals surface area (Å²) < 4.78 is 14.2. The Labute approximate surface area is 235 Å². The smallest absolute Gasteiger partial charge is 0.277 e. The molecule has 0 saturated carbocycles. The van der Waals surface area contributed by atoms with E-state index in [2.05, 4.69) is 92.1 Å². The number of nitrogens with one attached hydrogen (secondary N) is 1. The third kappa shape index (κ3) is 7.79. The van der Waals surface area contributed by atoms with Crippen molar-refractivity contribution in [2.75, 3.05) is 18.1 Å². The topological polar surface area (TPSA) is 59.9 Å². The lowest BCUT2D eigenvalue weighted by molar-refractivity contribution is -0.123. The van der Waals surface area contributed by atoms with Gasteiger partial charge in [-0.05, 0) is 104 Å². The highest BCUT2D eigenvalue weighted by Crippen LogP contribution is 2.45. The summed E-state index contributed by atoms with van der Waals surface area (Å²) in [6, 6.07) is 22.0. The van der Waals surface area contributed by atoms with Crippen molar-refractivity contribution in [1.82, 2.24) is 5.43 Å². The highest BCUT2D eigenvalue weighted by Gasteiger charge is 2.18. The Bertz CT molecular complexity index is 1140. The molecule has 0 bridgehead atoms. The average Bonchev–Trinajstić information content (AvgIpc) is 3.39. The number of thioether (sulfide) groups is 2. The van der Waals surface area contributed by atoms with Gasteiger partial charge in [0, 0.05) is 15.1 Å². The first-order valence-electron chi connectivity index (χ1n) is 10.5. The summed E-state index contributed by atoms with van der Waals surface area (Å²) in [5.74, 6) is 3.56. The first-order valence-corrected chi connectivity index (χ1v) is 14.8. The number of carbonyl (C=O) groups excluding carboxylic acids is 1. The van der Waals surface area contributed by atoms with Crippen LogP contribution >= 0.6 is 68.7 Å². The van der Waals surface area contributed by atoms with Crippen LogP contribution in [0.15, 0.2) is 71.8 Å². The molecule has 3 aromatic rings. The first-order chi connectivity index (χ1) is 16.6. The van der Waals surface area contributed by atoms with Crippen molar-refractivity contribution in [1.29, 1.82) is 0 Å². The molecule has 176 valence electrons. The molecule has 9 heteroatoms. The number of amides is 1. The summed E-state index contributed by atoms with van der Waals surface area (Å²) in [6.45, 7) is 0.421. The number of hydrogen-bond donors (Lipinski definition) is 1. The predicted molar refractivity (Wildman–Crippen MR) is 158 cm³/mol. The van der Waals surface area contributed by atoms with Crippen LogP contribution in [0.3, 0.4) is 0 Å². The molecule has 0 atom stereocenters. The zero-order valence-electron chi connectivity index (χ0n) is 18.1. The predicted octanol–water partition coefficient (Wildman–Crippen LogP) is 6.48. The Morgan fingerprint density at radius 1 is 1.00 bits per heavy atom. The number of rotatable bonds is 9. The molecule has 1 fully saturated rings. The van der Waals surface area contributed by atoms with Crippen LogP contribution in [0.4, 0.5) is 0 Å². The van der Waals surface area contributed by atoms with Gasteiger partial charge >= 0.3 is 0 Å². The van der Waals surface area contributed by atoms with Gasteiger partial charge in [-0.2, -0.15) is 5.10 Å². The normalized spacial score (nSPS) is 13.8. The van der Waals surface area contributed by atoms with Gasteiger partial charge in [-0.15, -0.1) is 23.5 Å². The molecule has 0 aliphatic carbocycles. The van der Waals surface area contributed by atoms with Crippen LogP contribution in [-0.2, 0) is 11.4 Å². The molecule has 1 heterocycles. The fourth-order valence-corrected chi connectivity index (χ4v) is 7.00. The highest BCUT2D eigenvalue weighted by atomic mass is 127.